The van der Waals surface area contributed by atoms with Gasteiger partial charge in [-0.2, -0.15) is 0 Å². The van der Waals surface area contributed by atoms with Crippen molar-refractivity contribution in [1.29, 1.82) is 0 Å². The number of para-hydroxylation sites is 2. The zero-order valence-corrected chi connectivity index (χ0v) is 42.4. The molecule has 0 spiro atoms. The summed E-state index contributed by atoms with van der Waals surface area (Å²) in [6.45, 7) is 1.54. The van der Waals surface area contributed by atoms with E-state index >= 15 is 0 Å². The number of anilines is 2. The quantitative estimate of drug-likeness (QED) is 0.120. The normalized spacial score (nSPS) is 26.8. The van der Waals surface area contributed by atoms with Crippen LogP contribution >= 0.6 is 0 Å². The second kappa shape index (κ2) is 22.5. The molecule has 4 aliphatic heterocycles. The van der Waals surface area contributed by atoms with Gasteiger partial charge in [0, 0.05) is 59.5 Å². The molecule has 0 unspecified atom stereocenters. The van der Waals surface area contributed by atoms with E-state index in [4.69, 9.17) is 0 Å². The third-order valence-electron chi connectivity index (χ3n) is 17.1. The molecule has 12 rings (SSSR count). The second-order valence-electron chi connectivity index (χ2n) is 21.5. The van der Waals surface area contributed by atoms with Crippen LogP contribution in [0.15, 0.2) is 170 Å². The number of likely N-dealkylation sites (tertiary alicyclic amines) is 2. The lowest BCUT2D eigenvalue weighted by Gasteiger charge is -2.50. The summed E-state index contributed by atoms with van der Waals surface area (Å²) < 4.78 is 0. The summed E-state index contributed by atoms with van der Waals surface area (Å²) in [5.41, 5.74) is 8.51. The van der Waals surface area contributed by atoms with E-state index in [-0.39, 0.29) is 71.7 Å². The molecule has 0 bridgehead atoms. The van der Waals surface area contributed by atoms with Crippen LogP contribution in [0.25, 0.3) is 0 Å². The third kappa shape index (κ3) is 10.2. The van der Waals surface area contributed by atoms with Gasteiger partial charge in [-0.15, -0.1) is 0 Å². The van der Waals surface area contributed by atoms with Crippen LogP contribution in [0, 0.1) is 23.7 Å². The number of carbonyl (C=O) groups is 4. The highest BCUT2D eigenvalue weighted by molar-refractivity contribution is 5.95. The molecule has 6 aromatic carbocycles. The molecule has 6 aromatic rings. The molecule has 2 saturated carbocycles. The van der Waals surface area contributed by atoms with E-state index < -0.39 is 0 Å². The maximum Gasteiger partial charge on any atom is 0.251 e. The van der Waals surface area contributed by atoms with Crippen molar-refractivity contribution in [1.82, 2.24) is 20.4 Å². The first-order valence-corrected chi connectivity index (χ1v) is 27.5. The number of piperidine rings is 2. The van der Waals surface area contributed by atoms with Crippen LogP contribution in [-0.4, -0.2) is 58.6 Å². The first-order valence-electron chi connectivity index (χ1n) is 27.5. The average Bonchev–Trinajstić information content (AvgIpc) is 3.48. The van der Waals surface area contributed by atoms with Gasteiger partial charge < -0.3 is 31.1 Å². The zero-order valence-electron chi connectivity index (χ0n) is 42.4. The van der Waals surface area contributed by atoms with Gasteiger partial charge in [-0.05, 0) is 110 Å². The number of rotatable bonds is 8. The summed E-state index contributed by atoms with van der Waals surface area (Å²) in [6, 6.07) is 57.1. The largest absolute Gasteiger partial charge is 0.378 e. The van der Waals surface area contributed by atoms with Gasteiger partial charge in [0.1, 0.15) is 0 Å². The third-order valence-corrected chi connectivity index (χ3v) is 17.1. The van der Waals surface area contributed by atoms with Gasteiger partial charge in [0.05, 0.1) is 36.0 Å². The van der Waals surface area contributed by atoms with Gasteiger partial charge in [0.25, 0.3) is 11.8 Å². The topological polar surface area (TPSA) is 123 Å². The maximum absolute atomic E-state index is 14.3. The molecule has 4 N–H and O–H groups in total. The van der Waals surface area contributed by atoms with Gasteiger partial charge in [0.15, 0.2) is 0 Å². The van der Waals surface area contributed by atoms with Gasteiger partial charge in [0.2, 0.25) is 11.8 Å². The molecule has 6 aliphatic rings. The Kier molecular flexibility index (Phi) is 14.9. The Balaban J connectivity index is 0.000000159. The van der Waals surface area contributed by atoms with Gasteiger partial charge in [-0.25, -0.2) is 0 Å². The van der Waals surface area contributed by atoms with E-state index in [1.807, 2.05) is 60.7 Å². The smallest absolute Gasteiger partial charge is 0.251 e. The van der Waals surface area contributed by atoms with E-state index in [1.165, 1.54) is 22.3 Å². The number of hydrogen-bond acceptors (Lipinski definition) is 6. The molecule has 4 fully saturated rings. The number of fused-ring (bicyclic) bond motifs is 6. The van der Waals surface area contributed by atoms with Crippen molar-refractivity contribution in [3.8, 4) is 0 Å². The lowest BCUT2D eigenvalue weighted by molar-refractivity contribution is -0.144. The Morgan fingerprint density at radius 2 is 0.743 bits per heavy atom. The number of benzene rings is 6. The highest BCUT2D eigenvalue weighted by Gasteiger charge is 2.48. The molecule has 10 nitrogen and oxygen atoms in total. The molecule has 74 heavy (non-hydrogen) atoms. The van der Waals surface area contributed by atoms with Crippen molar-refractivity contribution < 1.29 is 19.2 Å². The van der Waals surface area contributed by atoms with Crippen molar-refractivity contribution in [3.05, 3.63) is 203 Å². The summed E-state index contributed by atoms with van der Waals surface area (Å²) >= 11 is 0. The fourth-order valence-corrected chi connectivity index (χ4v) is 13.7. The molecule has 4 heterocycles. The Labute approximate surface area is 436 Å². The molecular weight excluding hydrogens is 917 g/mol. The number of nitrogens with zero attached hydrogens (tertiary/aromatic N) is 2. The first kappa shape index (κ1) is 49.0. The van der Waals surface area contributed by atoms with E-state index in [9.17, 15) is 19.2 Å². The fourth-order valence-electron chi connectivity index (χ4n) is 13.7. The number of amides is 4. The zero-order chi connectivity index (χ0) is 50.4. The molecule has 4 amide bonds. The van der Waals surface area contributed by atoms with Crippen LogP contribution in [0.1, 0.15) is 144 Å². The number of carbonyl (C=O) groups excluding carboxylic acids is 4. The first-order chi connectivity index (χ1) is 36.4. The van der Waals surface area contributed by atoms with Crippen molar-refractivity contribution in [2.24, 2.45) is 23.7 Å². The van der Waals surface area contributed by atoms with Crippen molar-refractivity contribution in [2.75, 3.05) is 23.7 Å². The lowest BCUT2D eigenvalue weighted by Crippen LogP contribution is -2.54. The van der Waals surface area contributed by atoms with Crippen LogP contribution in [-0.2, 0) is 9.59 Å². The van der Waals surface area contributed by atoms with Crippen molar-refractivity contribution in [2.45, 2.75) is 113 Å². The standard InChI is InChI=1S/2C32H35N3O2/c2*36-31(23-14-5-2-6-15-23)34-28-20-10-8-17-25(28)32(37)35-21-11-18-26-29(22-12-3-1-4-13-22)33-27-19-9-7-16-24(27)30(26)35/h2*1-7,9,12-16,19,25-26,28-30,33H,8,10-11,17-18,20-21H2,(H,34,36)/t25-,26+,28+,29-,30-;25-,26-,28+,29+,30+/m00/s1. The predicted octanol–water partition coefficient (Wildman–Crippen LogP) is 12.2. The van der Waals surface area contributed by atoms with Crippen LogP contribution in [0.5, 0.6) is 0 Å². The minimum absolute atomic E-state index is 0.0382. The Morgan fingerprint density at radius 3 is 1.15 bits per heavy atom. The maximum atomic E-state index is 14.3. The summed E-state index contributed by atoms with van der Waals surface area (Å²) in [6.07, 6.45) is 11.6. The van der Waals surface area contributed by atoms with Gasteiger partial charge >= 0.3 is 0 Å². The molecule has 10 atom stereocenters. The fraction of sp³-hybridized carbons (Fsp3) is 0.375. The van der Waals surface area contributed by atoms with E-state index in [0.29, 0.717) is 23.0 Å². The van der Waals surface area contributed by atoms with Crippen LogP contribution in [0.4, 0.5) is 11.4 Å². The molecular formula is C64H70N6O4. The summed E-state index contributed by atoms with van der Waals surface area (Å²) in [5.74, 6) is 0.477. The second-order valence-corrected chi connectivity index (χ2v) is 21.5. The van der Waals surface area contributed by atoms with Gasteiger partial charge in [-0.1, -0.05) is 159 Å². The van der Waals surface area contributed by atoms with Crippen LogP contribution in [0.3, 0.4) is 0 Å². The Bertz CT molecular complexity index is 2690. The summed E-state index contributed by atoms with van der Waals surface area (Å²) in [5, 5.41) is 14.1. The Hall–Kier alpha value is -7.20. The molecule has 380 valence electrons. The summed E-state index contributed by atoms with van der Waals surface area (Å²) in [4.78, 5) is 59.0. The molecule has 2 saturated heterocycles. The van der Waals surface area contributed by atoms with E-state index in [0.717, 1.165) is 102 Å². The van der Waals surface area contributed by atoms with E-state index in [2.05, 4.69) is 140 Å². The molecule has 2 aliphatic carbocycles. The molecule has 10 heteroatoms. The molecule has 0 aromatic heterocycles. The number of hydrogen-bond donors (Lipinski definition) is 4. The number of nitrogens with one attached hydrogen (secondary N) is 4. The van der Waals surface area contributed by atoms with Crippen LogP contribution < -0.4 is 21.3 Å². The minimum Gasteiger partial charge on any atom is -0.378 e. The lowest BCUT2D eigenvalue weighted by atomic mass is 9.73. The molecule has 0 radical (unpaired) electrons. The Morgan fingerprint density at radius 1 is 0.392 bits per heavy atom. The highest BCUT2D eigenvalue weighted by atomic mass is 16.2. The minimum atomic E-state index is -0.183. The summed E-state index contributed by atoms with van der Waals surface area (Å²) in [7, 11) is 0. The highest BCUT2D eigenvalue weighted by Crippen LogP contribution is 2.52. The van der Waals surface area contributed by atoms with Crippen molar-refractivity contribution >= 4 is 35.0 Å². The predicted molar refractivity (Wildman–Crippen MR) is 292 cm³/mol. The van der Waals surface area contributed by atoms with Crippen molar-refractivity contribution in [3.63, 3.8) is 0 Å². The SMILES string of the molecule is O=C(N[C@@H]1CCCC[C@@H]1C(=O)N1CCC[C@@H]2[C@H](c3ccccc3)Nc3ccccc3[C@@H]21)c1ccccc1.O=C(N[C@@H]1CCCC[C@@H]1C(=O)N1CCC[C@H]2[C@@H](c3ccccc3)Nc3ccccc3[C@H]21)c1ccccc1. The average molecular weight is 987 g/mol. The van der Waals surface area contributed by atoms with E-state index in [1.54, 1.807) is 0 Å². The van der Waals surface area contributed by atoms with Gasteiger partial charge in [-0.3, -0.25) is 19.2 Å². The van der Waals surface area contributed by atoms with Crippen LogP contribution in [0.2, 0.25) is 0 Å². The monoisotopic (exact) mass is 987 g/mol.